The molecule has 0 aliphatic carbocycles. The second-order valence-electron chi connectivity index (χ2n) is 4.38. The second kappa shape index (κ2) is 5.84. The van der Waals surface area contributed by atoms with Crippen molar-refractivity contribution in [2.45, 2.75) is 26.8 Å². The Hall–Kier alpha value is -1.88. The van der Waals surface area contributed by atoms with Crippen LogP contribution < -0.4 is 5.32 Å². The summed E-state index contributed by atoms with van der Waals surface area (Å²) in [5, 5.41) is 3.32. The van der Waals surface area contributed by atoms with Crippen LogP contribution in [0.1, 0.15) is 31.1 Å². The fourth-order valence-corrected chi connectivity index (χ4v) is 1.95. The minimum Gasteiger partial charge on any atom is -0.310 e. The SMILES string of the molecule is CCNC(C)c1cnc(-c2ccc(F)cn2)nc1C. The van der Waals surface area contributed by atoms with Crippen LogP contribution >= 0.6 is 0 Å². The van der Waals surface area contributed by atoms with Gasteiger partial charge in [-0.3, -0.25) is 0 Å². The van der Waals surface area contributed by atoms with Gasteiger partial charge in [0.25, 0.3) is 0 Å². The largest absolute Gasteiger partial charge is 0.310 e. The molecule has 0 spiro atoms. The van der Waals surface area contributed by atoms with Gasteiger partial charge >= 0.3 is 0 Å². The molecule has 0 saturated carbocycles. The van der Waals surface area contributed by atoms with E-state index in [1.807, 2.05) is 6.92 Å². The van der Waals surface area contributed by atoms with Crippen LogP contribution in [0.3, 0.4) is 0 Å². The van der Waals surface area contributed by atoms with Gasteiger partial charge in [-0.05, 0) is 32.5 Å². The minimum atomic E-state index is -0.363. The van der Waals surface area contributed by atoms with Crippen molar-refractivity contribution < 1.29 is 4.39 Å². The van der Waals surface area contributed by atoms with Crippen LogP contribution in [-0.4, -0.2) is 21.5 Å². The summed E-state index contributed by atoms with van der Waals surface area (Å²) in [6, 6.07) is 3.15. The average Bonchev–Trinajstić information content (AvgIpc) is 2.39. The van der Waals surface area contributed by atoms with E-state index in [2.05, 4.69) is 34.1 Å². The van der Waals surface area contributed by atoms with Crippen LogP contribution in [0.5, 0.6) is 0 Å². The van der Waals surface area contributed by atoms with E-state index in [1.165, 1.54) is 12.3 Å². The molecule has 2 aromatic rings. The van der Waals surface area contributed by atoms with Crippen molar-refractivity contribution >= 4 is 0 Å². The molecule has 0 amide bonds. The number of nitrogens with zero attached hydrogens (tertiary/aromatic N) is 3. The van der Waals surface area contributed by atoms with Crippen molar-refractivity contribution in [2.24, 2.45) is 0 Å². The van der Waals surface area contributed by atoms with E-state index in [-0.39, 0.29) is 11.9 Å². The zero-order valence-corrected chi connectivity index (χ0v) is 11.3. The predicted octanol–water partition coefficient (Wildman–Crippen LogP) is 2.66. The maximum Gasteiger partial charge on any atom is 0.178 e. The van der Waals surface area contributed by atoms with Crippen molar-refractivity contribution in [2.75, 3.05) is 6.54 Å². The summed E-state index contributed by atoms with van der Waals surface area (Å²) >= 11 is 0. The van der Waals surface area contributed by atoms with Crippen LogP contribution in [0.2, 0.25) is 0 Å². The summed E-state index contributed by atoms with van der Waals surface area (Å²) in [7, 11) is 0. The molecule has 0 saturated heterocycles. The Kier molecular flexibility index (Phi) is 4.16. The molecular weight excluding hydrogens is 243 g/mol. The van der Waals surface area contributed by atoms with E-state index in [4.69, 9.17) is 0 Å². The third kappa shape index (κ3) is 3.12. The van der Waals surface area contributed by atoms with Crippen LogP contribution in [0, 0.1) is 12.7 Å². The quantitative estimate of drug-likeness (QED) is 0.918. The number of halogens is 1. The second-order valence-corrected chi connectivity index (χ2v) is 4.38. The minimum absolute atomic E-state index is 0.209. The highest BCUT2D eigenvalue weighted by molar-refractivity contribution is 5.49. The molecule has 2 rings (SSSR count). The van der Waals surface area contributed by atoms with E-state index >= 15 is 0 Å². The third-order valence-electron chi connectivity index (χ3n) is 2.95. The van der Waals surface area contributed by atoms with Gasteiger partial charge < -0.3 is 5.32 Å². The van der Waals surface area contributed by atoms with Gasteiger partial charge in [0.1, 0.15) is 11.5 Å². The number of aromatic nitrogens is 3. The van der Waals surface area contributed by atoms with Crippen molar-refractivity contribution in [3.8, 4) is 11.5 Å². The van der Waals surface area contributed by atoms with Gasteiger partial charge in [0.05, 0.1) is 6.20 Å². The highest BCUT2D eigenvalue weighted by atomic mass is 19.1. The Morgan fingerprint density at radius 3 is 2.63 bits per heavy atom. The fraction of sp³-hybridized carbons (Fsp3) is 0.357. The van der Waals surface area contributed by atoms with Crippen LogP contribution in [0.25, 0.3) is 11.5 Å². The molecule has 0 aliphatic heterocycles. The molecule has 1 unspecified atom stereocenters. The van der Waals surface area contributed by atoms with Crippen molar-refractivity contribution in [1.29, 1.82) is 0 Å². The van der Waals surface area contributed by atoms with Gasteiger partial charge in [-0.2, -0.15) is 0 Å². The molecule has 1 atom stereocenters. The smallest absolute Gasteiger partial charge is 0.178 e. The first-order valence-corrected chi connectivity index (χ1v) is 6.30. The first-order valence-electron chi connectivity index (χ1n) is 6.30. The Morgan fingerprint density at radius 1 is 1.26 bits per heavy atom. The first kappa shape index (κ1) is 13.5. The molecule has 0 fully saturated rings. The summed E-state index contributed by atoms with van der Waals surface area (Å²) in [5.41, 5.74) is 2.55. The molecule has 0 aromatic carbocycles. The monoisotopic (exact) mass is 260 g/mol. The molecule has 0 aliphatic rings. The lowest BCUT2D eigenvalue weighted by Crippen LogP contribution is -2.19. The van der Waals surface area contributed by atoms with E-state index in [0.717, 1.165) is 17.8 Å². The van der Waals surface area contributed by atoms with Gasteiger partial charge in [-0.25, -0.2) is 19.3 Å². The van der Waals surface area contributed by atoms with Crippen LogP contribution in [0.15, 0.2) is 24.5 Å². The molecule has 2 aromatic heterocycles. The number of pyridine rings is 1. The molecular formula is C14H17FN4. The molecule has 0 bridgehead atoms. The number of hydrogen-bond acceptors (Lipinski definition) is 4. The molecule has 100 valence electrons. The number of aryl methyl sites for hydroxylation is 1. The molecule has 1 N–H and O–H groups in total. The average molecular weight is 260 g/mol. The van der Waals surface area contributed by atoms with Crippen molar-refractivity contribution in [3.05, 3.63) is 41.6 Å². The van der Waals surface area contributed by atoms with Gasteiger partial charge in [-0.1, -0.05) is 6.92 Å². The zero-order valence-electron chi connectivity index (χ0n) is 11.3. The lowest BCUT2D eigenvalue weighted by Gasteiger charge is -2.14. The normalized spacial score (nSPS) is 12.4. The number of nitrogens with one attached hydrogen (secondary N) is 1. The zero-order chi connectivity index (χ0) is 13.8. The summed E-state index contributed by atoms with van der Waals surface area (Å²) in [4.78, 5) is 12.7. The molecule has 4 nitrogen and oxygen atoms in total. The van der Waals surface area contributed by atoms with Crippen molar-refractivity contribution in [3.63, 3.8) is 0 Å². The highest BCUT2D eigenvalue weighted by Crippen LogP contribution is 2.18. The van der Waals surface area contributed by atoms with Gasteiger partial charge in [0.2, 0.25) is 0 Å². The summed E-state index contributed by atoms with van der Waals surface area (Å²) in [6.07, 6.45) is 2.97. The summed E-state index contributed by atoms with van der Waals surface area (Å²) < 4.78 is 12.8. The fourth-order valence-electron chi connectivity index (χ4n) is 1.95. The van der Waals surface area contributed by atoms with E-state index in [1.54, 1.807) is 12.3 Å². The Bertz CT molecular complexity index is 554. The lowest BCUT2D eigenvalue weighted by atomic mass is 10.1. The van der Waals surface area contributed by atoms with Crippen LogP contribution in [-0.2, 0) is 0 Å². The lowest BCUT2D eigenvalue weighted by molar-refractivity contribution is 0.590. The van der Waals surface area contributed by atoms with Gasteiger partial charge in [0, 0.05) is 23.5 Å². The Balaban J connectivity index is 2.30. The van der Waals surface area contributed by atoms with E-state index < -0.39 is 0 Å². The van der Waals surface area contributed by atoms with E-state index in [0.29, 0.717) is 11.5 Å². The van der Waals surface area contributed by atoms with Crippen molar-refractivity contribution in [1.82, 2.24) is 20.3 Å². The molecule has 2 heterocycles. The Labute approximate surface area is 112 Å². The topological polar surface area (TPSA) is 50.7 Å². The van der Waals surface area contributed by atoms with E-state index in [9.17, 15) is 4.39 Å². The standard InChI is InChI=1S/C14H17FN4/c1-4-16-9(2)12-8-18-14(19-10(12)3)13-6-5-11(15)7-17-13/h5-9,16H,4H2,1-3H3. The number of rotatable bonds is 4. The Morgan fingerprint density at radius 2 is 2.05 bits per heavy atom. The molecule has 0 radical (unpaired) electrons. The molecule has 5 heteroatoms. The van der Waals surface area contributed by atoms with Gasteiger partial charge in [-0.15, -0.1) is 0 Å². The first-order chi connectivity index (χ1) is 9.11. The maximum atomic E-state index is 12.8. The third-order valence-corrected chi connectivity index (χ3v) is 2.95. The highest BCUT2D eigenvalue weighted by Gasteiger charge is 2.11. The number of hydrogen-bond donors (Lipinski definition) is 1. The predicted molar refractivity (Wildman–Crippen MR) is 72.0 cm³/mol. The molecule has 19 heavy (non-hydrogen) atoms. The van der Waals surface area contributed by atoms with Gasteiger partial charge in [0.15, 0.2) is 5.82 Å². The summed E-state index contributed by atoms with van der Waals surface area (Å²) in [6.45, 7) is 6.97. The maximum absolute atomic E-state index is 12.8. The van der Waals surface area contributed by atoms with Crippen LogP contribution in [0.4, 0.5) is 4.39 Å². The summed E-state index contributed by atoms with van der Waals surface area (Å²) in [5.74, 6) is 0.155.